The molecule has 1 unspecified atom stereocenters. The molecule has 80 valence electrons. The second kappa shape index (κ2) is 4.11. The summed E-state index contributed by atoms with van der Waals surface area (Å²) in [7, 11) is 0. The van der Waals surface area contributed by atoms with Gasteiger partial charge in [0, 0.05) is 11.6 Å². The van der Waals surface area contributed by atoms with Gasteiger partial charge in [0.15, 0.2) is 0 Å². The lowest BCUT2D eigenvalue weighted by molar-refractivity contribution is -0.119. The summed E-state index contributed by atoms with van der Waals surface area (Å²) >= 11 is 5.87. The van der Waals surface area contributed by atoms with E-state index in [-0.39, 0.29) is 11.8 Å². The molecule has 0 aromatic heterocycles. The van der Waals surface area contributed by atoms with E-state index >= 15 is 0 Å². The van der Waals surface area contributed by atoms with Crippen molar-refractivity contribution in [2.24, 2.45) is 5.92 Å². The van der Waals surface area contributed by atoms with E-state index in [9.17, 15) is 4.79 Å². The maximum Gasteiger partial charge on any atom is 0.229 e. The van der Waals surface area contributed by atoms with Gasteiger partial charge in [0.25, 0.3) is 0 Å². The molecule has 2 rings (SSSR count). The van der Waals surface area contributed by atoms with E-state index in [0.717, 1.165) is 17.8 Å². The van der Waals surface area contributed by atoms with E-state index < -0.39 is 0 Å². The summed E-state index contributed by atoms with van der Waals surface area (Å²) in [5.74, 6) is 0.0854. The van der Waals surface area contributed by atoms with Crippen molar-refractivity contribution >= 4 is 28.9 Å². The van der Waals surface area contributed by atoms with Crippen molar-refractivity contribution < 1.29 is 4.79 Å². The van der Waals surface area contributed by atoms with Crippen LogP contribution in [-0.4, -0.2) is 12.5 Å². The second-order valence-electron chi connectivity index (χ2n) is 3.67. The molecule has 0 aliphatic carbocycles. The van der Waals surface area contributed by atoms with Crippen LogP contribution in [0.3, 0.4) is 0 Å². The van der Waals surface area contributed by atoms with E-state index in [1.165, 1.54) is 0 Å². The average Bonchev–Trinajstić information content (AvgIpc) is 2.35. The van der Waals surface area contributed by atoms with Gasteiger partial charge in [-0.3, -0.25) is 4.79 Å². The van der Waals surface area contributed by atoms with Crippen molar-refractivity contribution in [3.8, 4) is 0 Å². The maximum atomic E-state index is 11.7. The topological polar surface area (TPSA) is 41.1 Å². The molecule has 1 atom stereocenters. The Morgan fingerprint density at radius 3 is 3.00 bits per heavy atom. The first-order valence-electron chi connectivity index (χ1n) is 5.05. The summed E-state index contributed by atoms with van der Waals surface area (Å²) in [6.45, 7) is 2.69. The number of benzene rings is 1. The summed E-state index contributed by atoms with van der Waals surface area (Å²) in [6.07, 6.45) is 0.834. The van der Waals surface area contributed by atoms with Gasteiger partial charge in [-0.1, -0.05) is 18.5 Å². The third kappa shape index (κ3) is 2.07. The van der Waals surface area contributed by atoms with Crippen LogP contribution in [0.25, 0.3) is 0 Å². The number of nitrogens with one attached hydrogen (secondary N) is 2. The van der Waals surface area contributed by atoms with Crippen LogP contribution in [0, 0.1) is 5.92 Å². The molecule has 15 heavy (non-hydrogen) atoms. The lowest BCUT2D eigenvalue weighted by Gasteiger charge is -2.09. The van der Waals surface area contributed by atoms with E-state index in [2.05, 4.69) is 10.6 Å². The van der Waals surface area contributed by atoms with Crippen LogP contribution in [0.1, 0.15) is 13.3 Å². The quantitative estimate of drug-likeness (QED) is 0.770. The van der Waals surface area contributed by atoms with Crippen molar-refractivity contribution in [3.05, 3.63) is 23.2 Å². The minimum Gasteiger partial charge on any atom is -0.383 e. The standard InChI is InChI=1S/C11H13ClN2O/c1-2-7-6-13-9-4-3-8(12)5-10(9)14-11(7)15/h3-5,7,13H,2,6H2,1H3,(H,14,15). The Labute approximate surface area is 93.8 Å². The zero-order valence-corrected chi connectivity index (χ0v) is 9.27. The molecule has 1 aromatic rings. The molecule has 4 heteroatoms. The average molecular weight is 225 g/mol. The molecule has 1 heterocycles. The molecule has 2 N–H and O–H groups in total. The number of rotatable bonds is 1. The van der Waals surface area contributed by atoms with Gasteiger partial charge in [-0.2, -0.15) is 0 Å². The summed E-state index contributed by atoms with van der Waals surface area (Å²) in [6, 6.07) is 5.46. The molecular formula is C11H13ClN2O. The first-order chi connectivity index (χ1) is 7.20. The molecule has 1 aliphatic rings. The fourth-order valence-corrected chi connectivity index (χ4v) is 1.84. The predicted molar refractivity (Wildman–Crippen MR) is 62.4 cm³/mol. The van der Waals surface area contributed by atoms with E-state index in [0.29, 0.717) is 11.6 Å². The van der Waals surface area contributed by atoms with Crippen molar-refractivity contribution in [1.29, 1.82) is 0 Å². The van der Waals surface area contributed by atoms with Crippen LogP contribution in [0.5, 0.6) is 0 Å². The number of fused-ring (bicyclic) bond motifs is 1. The summed E-state index contributed by atoms with van der Waals surface area (Å²) in [4.78, 5) is 11.7. The first kappa shape index (κ1) is 10.3. The van der Waals surface area contributed by atoms with E-state index in [1.54, 1.807) is 6.07 Å². The van der Waals surface area contributed by atoms with Gasteiger partial charge in [0.1, 0.15) is 0 Å². The lowest BCUT2D eigenvalue weighted by Crippen LogP contribution is -2.24. The van der Waals surface area contributed by atoms with Gasteiger partial charge < -0.3 is 10.6 Å². The Hall–Kier alpha value is -1.22. The number of halogens is 1. The van der Waals surface area contributed by atoms with Crippen molar-refractivity contribution in [2.75, 3.05) is 17.2 Å². The summed E-state index contributed by atoms with van der Waals surface area (Å²) < 4.78 is 0. The SMILES string of the molecule is CCC1CNc2ccc(Cl)cc2NC1=O. The van der Waals surface area contributed by atoms with E-state index in [4.69, 9.17) is 11.6 Å². The molecule has 3 nitrogen and oxygen atoms in total. The van der Waals surface area contributed by atoms with Crippen LogP contribution in [0.2, 0.25) is 5.02 Å². The zero-order chi connectivity index (χ0) is 10.8. The third-order valence-electron chi connectivity index (χ3n) is 2.64. The molecule has 0 saturated heterocycles. The third-order valence-corrected chi connectivity index (χ3v) is 2.88. The van der Waals surface area contributed by atoms with Crippen LogP contribution in [0.15, 0.2) is 18.2 Å². The monoisotopic (exact) mass is 224 g/mol. The largest absolute Gasteiger partial charge is 0.383 e. The highest BCUT2D eigenvalue weighted by molar-refractivity contribution is 6.31. The molecule has 1 amide bonds. The highest BCUT2D eigenvalue weighted by Gasteiger charge is 2.21. The molecule has 0 spiro atoms. The number of carbonyl (C=O) groups is 1. The molecule has 1 aliphatic heterocycles. The van der Waals surface area contributed by atoms with Gasteiger partial charge in [-0.25, -0.2) is 0 Å². The highest BCUT2D eigenvalue weighted by atomic mass is 35.5. The Morgan fingerprint density at radius 1 is 1.47 bits per heavy atom. The molecule has 0 fully saturated rings. The minimum absolute atomic E-state index is 0.0242. The number of hydrogen-bond acceptors (Lipinski definition) is 2. The molecule has 0 radical (unpaired) electrons. The maximum absolute atomic E-state index is 11.7. The summed E-state index contributed by atoms with van der Waals surface area (Å²) in [5, 5.41) is 6.75. The smallest absolute Gasteiger partial charge is 0.229 e. The van der Waals surface area contributed by atoms with Gasteiger partial charge in [0.2, 0.25) is 5.91 Å². The Balaban J connectivity index is 2.31. The molecule has 1 aromatic carbocycles. The number of hydrogen-bond donors (Lipinski definition) is 2. The number of carbonyl (C=O) groups excluding carboxylic acids is 1. The second-order valence-corrected chi connectivity index (χ2v) is 4.10. The van der Waals surface area contributed by atoms with Crippen molar-refractivity contribution in [1.82, 2.24) is 0 Å². The van der Waals surface area contributed by atoms with Crippen LogP contribution in [-0.2, 0) is 4.79 Å². The van der Waals surface area contributed by atoms with Crippen LogP contribution in [0.4, 0.5) is 11.4 Å². The van der Waals surface area contributed by atoms with Gasteiger partial charge in [0.05, 0.1) is 17.3 Å². The summed E-state index contributed by atoms with van der Waals surface area (Å²) in [5.41, 5.74) is 1.70. The molecular weight excluding hydrogens is 212 g/mol. The highest BCUT2D eigenvalue weighted by Crippen LogP contribution is 2.28. The normalized spacial score (nSPS) is 19.9. The van der Waals surface area contributed by atoms with Crippen LogP contribution >= 0.6 is 11.6 Å². The Morgan fingerprint density at radius 2 is 2.27 bits per heavy atom. The van der Waals surface area contributed by atoms with Gasteiger partial charge in [-0.05, 0) is 24.6 Å². The van der Waals surface area contributed by atoms with Crippen LogP contribution < -0.4 is 10.6 Å². The van der Waals surface area contributed by atoms with Gasteiger partial charge in [-0.15, -0.1) is 0 Å². The van der Waals surface area contributed by atoms with Crippen molar-refractivity contribution in [3.63, 3.8) is 0 Å². The zero-order valence-electron chi connectivity index (χ0n) is 8.51. The minimum atomic E-state index is 0.0242. The number of anilines is 2. The van der Waals surface area contributed by atoms with E-state index in [1.807, 2.05) is 19.1 Å². The Kier molecular flexibility index (Phi) is 2.82. The predicted octanol–water partition coefficient (Wildman–Crippen LogP) is 2.73. The fourth-order valence-electron chi connectivity index (χ4n) is 1.66. The number of amides is 1. The van der Waals surface area contributed by atoms with Gasteiger partial charge >= 0.3 is 0 Å². The van der Waals surface area contributed by atoms with Crippen molar-refractivity contribution in [2.45, 2.75) is 13.3 Å². The molecule has 0 bridgehead atoms. The first-order valence-corrected chi connectivity index (χ1v) is 5.42. The Bertz CT molecular complexity index is 392. The molecule has 0 saturated carbocycles. The fraction of sp³-hybridized carbons (Fsp3) is 0.364. The lowest BCUT2D eigenvalue weighted by atomic mass is 10.1.